The molecule has 1 amide bonds. The molecular weight excluding hydrogens is 318 g/mol. The Morgan fingerprint density at radius 3 is 2.64 bits per heavy atom. The number of halogens is 1. The molecule has 0 spiro atoms. The van der Waals surface area contributed by atoms with Crippen molar-refractivity contribution in [2.24, 2.45) is 5.10 Å². The number of nitrogens with zero attached hydrogens (tertiary/aromatic N) is 3. The van der Waals surface area contributed by atoms with Gasteiger partial charge >= 0.3 is 0 Å². The summed E-state index contributed by atoms with van der Waals surface area (Å²) in [6, 6.07) is 15.1. The first-order chi connectivity index (χ1) is 10.7. The number of rotatable bonds is 2. The molecule has 3 aromatic rings. The number of para-hydroxylation sites is 1. The number of thiazole rings is 1. The van der Waals surface area contributed by atoms with Crippen molar-refractivity contribution in [1.29, 1.82) is 0 Å². The first-order valence-electron chi connectivity index (χ1n) is 6.73. The molecule has 108 valence electrons. The van der Waals surface area contributed by atoms with Crippen LogP contribution in [0.1, 0.15) is 12.0 Å². The van der Waals surface area contributed by atoms with Crippen molar-refractivity contribution < 1.29 is 4.79 Å². The molecule has 0 saturated carbocycles. The number of anilines is 1. The molecule has 22 heavy (non-hydrogen) atoms. The molecule has 0 saturated heterocycles. The number of aromatic nitrogens is 1. The highest BCUT2D eigenvalue weighted by molar-refractivity contribution is 7.22. The topological polar surface area (TPSA) is 45.6 Å². The first kappa shape index (κ1) is 13.4. The van der Waals surface area contributed by atoms with Gasteiger partial charge in [0.2, 0.25) is 5.13 Å². The van der Waals surface area contributed by atoms with Gasteiger partial charge in [-0.1, -0.05) is 47.2 Å². The third-order valence-electron chi connectivity index (χ3n) is 3.42. The van der Waals surface area contributed by atoms with E-state index >= 15 is 0 Å². The van der Waals surface area contributed by atoms with E-state index in [1.54, 1.807) is 12.1 Å². The van der Waals surface area contributed by atoms with Gasteiger partial charge < -0.3 is 0 Å². The molecule has 4 rings (SSSR count). The van der Waals surface area contributed by atoms with E-state index in [4.69, 9.17) is 11.6 Å². The lowest BCUT2D eigenvalue weighted by Crippen LogP contribution is -2.19. The van der Waals surface area contributed by atoms with Crippen molar-refractivity contribution in [1.82, 2.24) is 4.98 Å². The van der Waals surface area contributed by atoms with E-state index in [0.717, 1.165) is 21.5 Å². The van der Waals surface area contributed by atoms with Crippen LogP contribution in [0, 0.1) is 0 Å². The first-order valence-corrected chi connectivity index (χ1v) is 7.92. The Morgan fingerprint density at radius 1 is 1.09 bits per heavy atom. The van der Waals surface area contributed by atoms with Crippen LogP contribution in [0.25, 0.3) is 10.2 Å². The molecule has 4 nitrogen and oxygen atoms in total. The van der Waals surface area contributed by atoms with Gasteiger partial charge in [0.1, 0.15) is 0 Å². The molecule has 1 aliphatic rings. The number of hydrazone groups is 1. The van der Waals surface area contributed by atoms with E-state index in [9.17, 15) is 4.79 Å². The average Bonchev–Trinajstić information content (AvgIpc) is 3.11. The van der Waals surface area contributed by atoms with Crippen molar-refractivity contribution >= 4 is 49.9 Å². The van der Waals surface area contributed by atoms with Crippen molar-refractivity contribution in [3.8, 4) is 0 Å². The molecule has 0 unspecified atom stereocenters. The van der Waals surface area contributed by atoms with E-state index in [1.165, 1.54) is 16.3 Å². The monoisotopic (exact) mass is 327 g/mol. The van der Waals surface area contributed by atoms with Gasteiger partial charge in [-0.2, -0.15) is 10.1 Å². The summed E-state index contributed by atoms with van der Waals surface area (Å²) in [6.07, 6.45) is 0.275. The molecule has 1 aliphatic heterocycles. The van der Waals surface area contributed by atoms with Gasteiger partial charge in [0.25, 0.3) is 5.91 Å². The Morgan fingerprint density at radius 2 is 1.86 bits per heavy atom. The molecule has 0 bridgehead atoms. The number of amides is 1. The number of carbonyl (C=O) groups excluding carboxylic acids is 1. The summed E-state index contributed by atoms with van der Waals surface area (Å²) in [5.74, 6) is -0.0657. The molecule has 1 aromatic heterocycles. The second-order valence-electron chi connectivity index (χ2n) is 4.90. The zero-order valence-corrected chi connectivity index (χ0v) is 12.9. The van der Waals surface area contributed by atoms with E-state index < -0.39 is 0 Å². The summed E-state index contributed by atoms with van der Waals surface area (Å²) in [6.45, 7) is 0. The fourth-order valence-electron chi connectivity index (χ4n) is 2.33. The van der Waals surface area contributed by atoms with Crippen molar-refractivity contribution in [2.75, 3.05) is 5.01 Å². The fraction of sp³-hybridized carbons (Fsp3) is 0.0625. The lowest BCUT2D eigenvalue weighted by Gasteiger charge is -2.05. The van der Waals surface area contributed by atoms with Crippen LogP contribution >= 0.6 is 22.9 Å². The molecule has 0 fully saturated rings. The minimum atomic E-state index is -0.0657. The lowest BCUT2D eigenvalue weighted by molar-refractivity contribution is -0.116. The van der Waals surface area contributed by atoms with E-state index in [1.807, 2.05) is 36.4 Å². The average molecular weight is 328 g/mol. The van der Waals surface area contributed by atoms with Gasteiger partial charge in [0, 0.05) is 5.02 Å². The zero-order chi connectivity index (χ0) is 15.1. The van der Waals surface area contributed by atoms with Crippen LogP contribution in [0.4, 0.5) is 5.13 Å². The zero-order valence-electron chi connectivity index (χ0n) is 11.4. The molecule has 6 heteroatoms. The summed E-state index contributed by atoms with van der Waals surface area (Å²) >= 11 is 7.35. The predicted molar refractivity (Wildman–Crippen MR) is 89.7 cm³/mol. The Bertz CT molecular complexity index is 868. The van der Waals surface area contributed by atoms with Gasteiger partial charge in [-0.05, 0) is 29.8 Å². The van der Waals surface area contributed by atoms with E-state index in [2.05, 4.69) is 10.1 Å². The Kier molecular flexibility index (Phi) is 3.17. The number of fused-ring (bicyclic) bond motifs is 1. The van der Waals surface area contributed by atoms with Gasteiger partial charge in [0.15, 0.2) is 0 Å². The summed E-state index contributed by atoms with van der Waals surface area (Å²) in [7, 11) is 0. The highest BCUT2D eigenvalue weighted by Crippen LogP contribution is 2.31. The third kappa shape index (κ3) is 2.28. The van der Waals surface area contributed by atoms with E-state index in [0.29, 0.717) is 10.2 Å². The quantitative estimate of drug-likeness (QED) is 0.711. The molecule has 0 atom stereocenters. The maximum Gasteiger partial charge on any atom is 0.255 e. The summed E-state index contributed by atoms with van der Waals surface area (Å²) in [5, 5.41) is 7.11. The summed E-state index contributed by atoms with van der Waals surface area (Å²) in [5.41, 5.74) is 2.52. The second-order valence-corrected chi connectivity index (χ2v) is 6.35. The minimum Gasteiger partial charge on any atom is -0.272 e. The third-order valence-corrected chi connectivity index (χ3v) is 4.68. The van der Waals surface area contributed by atoms with Gasteiger partial charge in [-0.15, -0.1) is 0 Å². The fourth-order valence-corrected chi connectivity index (χ4v) is 3.39. The van der Waals surface area contributed by atoms with Crippen LogP contribution in [-0.4, -0.2) is 16.6 Å². The van der Waals surface area contributed by atoms with Crippen LogP contribution in [0.2, 0.25) is 5.02 Å². The van der Waals surface area contributed by atoms with Crippen LogP contribution in [-0.2, 0) is 4.79 Å². The van der Waals surface area contributed by atoms with Gasteiger partial charge in [-0.25, -0.2) is 4.98 Å². The second kappa shape index (κ2) is 5.19. The van der Waals surface area contributed by atoms with Gasteiger partial charge in [0.05, 0.1) is 22.3 Å². The van der Waals surface area contributed by atoms with Crippen LogP contribution in [0.5, 0.6) is 0 Å². The number of hydrogen-bond donors (Lipinski definition) is 0. The van der Waals surface area contributed by atoms with Crippen molar-refractivity contribution in [3.05, 3.63) is 59.1 Å². The molecule has 0 N–H and O–H groups in total. The Hall–Kier alpha value is -2.24. The molecule has 0 radical (unpaired) electrons. The Labute approximate surface area is 135 Å². The number of benzene rings is 2. The number of hydrogen-bond acceptors (Lipinski definition) is 4. The molecule has 2 aromatic carbocycles. The standard InChI is InChI=1S/C16H10ClN3OS/c17-11-7-5-10(6-8-11)13-9-15(21)20(19-13)16-18-12-3-1-2-4-14(12)22-16/h1-8H,9H2. The normalized spacial score (nSPS) is 14.7. The van der Waals surface area contributed by atoms with Crippen molar-refractivity contribution in [3.63, 3.8) is 0 Å². The summed E-state index contributed by atoms with van der Waals surface area (Å²) in [4.78, 5) is 16.7. The number of carbonyl (C=O) groups is 1. The highest BCUT2D eigenvalue weighted by Gasteiger charge is 2.28. The van der Waals surface area contributed by atoms with Crippen LogP contribution in [0.3, 0.4) is 0 Å². The minimum absolute atomic E-state index is 0.0657. The molecule has 2 heterocycles. The lowest BCUT2D eigenvalue weighted by atomic mass is 10.1. The Balaban J connectivity index is 1.72. The predicted octanol–water partition coefficient (Wildman–Crippen LogP) is 4.09. The maximum absolute atomic E-state index is 12.3. The van der Waals surface area contributed by atoms with Crippen LogP contribution in [0.15, 0.2) is 53.6 Å². The smallest absolute Gasteiger partial charge is 0.255 e. The van der Waals surface area contributed by atoms with Crippen LogP contribution < -0.4 is 5.01 Å². The largest absolute Gasteiger partial charge is 0.272 e. The molecule has 0 aliphatic carbocycles. The summed E-state index contributed by atoms with van der Waals surface area (Å²) < 4.78 is 1.04. The SMILES string of the molecule is O=C1CC(c2ccc(Cl)cc2)=NN1c1nc2ccccc2s1. The maximum atomic E-state index is 12.3. The van der Waals surface area contributed by atoms with E-state index in [-0.39, 0.29) is 12.3 Å². The molecular formula is C16H10ClN3OS. The van der Waals surface area contributed by atoms with Crippen molar-refractivity contribution in [2.45, 2.75) is 6.42 Å². The van der Waals surface area contributed by atoms with Gasteiger partial charge in [-0.3, -0.25) is 4.79 Å². The highest BCUT2D eigenvalue weighted by atomic mass is 35.5.